The predicted molar refractivity (Wildman–Crippen MR) is 67.2 cm³/mol. The van der Waals surface area contributed by atoms with Crippen molar-refractivity contribution in [2.24, 2.45) is 11.5 Å². The first-order valence-electron chi connectivity index (χ1n) is 5.49. The summed E-state index contributed by atoms with van der Waals surface area (Å²) in [4.78, 5) is 34.9. The zero-order chi connectivity index (χ0) is 15.1. The predicted octanol–water partition coefficient (Wildman–Crippen LogP) is -1.36. The van der Waals surface area contributed by atoms with Crippen molar-refractivity contribution in [1.29, 1.82) is 0 Å². The maximum Gasteiger partial charge on any atom is 0.404 e. The number of thioether (sulfide) groups is 1. The number of aliphatic carboxylic acids is 1. The third kappa shape index (κ3) is 2.01. The number of nitrogens with two attached hydrogens (primary N) is 2. The lowest BCUT2D eigenvalue weighted by Gasteiger charge is -2.54. The van der Waals surface area contributed by atoms with Gasteiger partial charge in [0.05, 0.1) is 0 Å². The van der Waals surface area contributed by atoms with Gasteiger partial charge >= 0.3 is 12.1 Å². The minimum Gasteiger partial charge on any atom is -0.477 e. The normalized spacial score (nSPS) is 28.8. The smallest absolute Gasteiger partial charge is 0.404 e. The van der Waals surface area contributed by atoms with Crippen LogP contribution in [0.2, 0.25) is 0 Å². The van der Waals surface area contributed by atoms with Gasteiger partial charge in [-0.05, 0) is 0 Å². The van der Waals surface area contributed by atoms with Crippen molar-refractivity contribution in [2.45, 2.75) is 11.1 Å². The Morgan fingerprint density at radius 1 is 1.60 bits per heavy atom. The zero-order valence-electron chi connectivity index (χ0n) is 10.5. The highest BCUT2D eigenvalue weighted by Crippen LogP contribution is 2.45. The van der Waals surface area contributed by atoms with Gasteiger partial charge in [-0.15, -0.1) is 11.8 Å². The van der Waals surface area contributed by atoms with Crippen LogP contribution in [0.4, 0.5) is 4.79 Å². The molecule has 5 N–H and O–H groups in total. The van der Waals surface area contributed by atoms with Crippen molar-refractivity contribution < 1.29 is 29.0 Å². The molecular weight excluding hydrogens is 290 g/mol. The molecular formula is C10H13N3O6S. The van der Waals surface area contributed by atoms with Crippen LogP contribution in [0.1, 0.15) is 0 Å². The summed E-state index contributed by atoms with van der Waals surface area (Å²) in [6, 6.07) is 0. The van der Waals surface area contributed by atoms with Crippen molar-refractivity contribution in [1.82, 2.24) is 4.90 Å². The fourth-order valence-electron chi connectivity index (χ4n) is 2.07. The van der Waals surface area contributed by atoms with E-state index in [0.717, 1.165) is 4.90 Å². The van der Waals surface area contributed by atoms with Gasteiger partial charge in [0, 0.05) is 18.4 Å². The van der Waals surface area contributed by atoms with Crippen molar-refractivity contribution in [3.05, 3.63) is 11.3 Å². The first-order chi connectivity index (χ1) is 9.32. The number of ether oxygens (including phenoxy) is 2. The Bertz CT molecular complexity index is 521. The summed E-state index contributed by atoms with van der Waals surface area (Å²) in [6.45, 7) is -0.287. The number of rotatable bonds is 4. The average molecular weight is 303 g/mol. The molecule has 0 aliphatic carbocycles. The molecule has 1 unspecified atom stereocenters. The van der Waals surface area contributed by atoms with E-state index in [4.69, 9.17) is 16.2 Å². The fraction of sp³-hybridized carbons (Fsp3) is 0.500. The largest absolute Gasteiger partial charge is 0.477 e. The summed E-state index contributed by atoms with van der Waals surface area (Å²) in [5.41, 5.74) is 9.13. The highest BCUT2D eigenvalue weighted by molar-refractivity contribution is 8.00. The molecule has 10 heteroatoms. The van der Waals surface area contributed by atoms with E-state index < -0.39 is 29.1 Å². The zero-order valence-corrected chi connectivity index (χ0v) is 11.3. The first-order valence-corrected chi connectivity index (χ1v) is 6.54. The summed E-state index contributed by atoms with van der Waals surface area (Å²) < 4.78 is 9.55. The Morgan fingerprint density at radius 2 is 2.25 bits per heavy atom. The molecule has 2 heterocycles. The Labute approximate surface area is 117 Å². The minimum absolute atomic E-state index is 0.238. The lowest BCUT2D eigenvalue weighted by molar-refractivity contribution is -0.183. The molecule has 110 valence electrons. The topological polar surface area (TPSA) is 145 Å². The second-order valence-corrected chi connectivity index (χ2v) is 5.27. The number of nitrogens with zero attached hydrogens (tertiary/aromatic N) is 1. The van der Waals surface area contributed by atoms with E-state index >= 15 is 0 Å². The minimum atomic E-state index is -1.53. The fourth-order valence-corrected chi connectivity index (χ4v) is 3.45. The van der Waals surface area contributed by atoms with Gasteiger partial charge in [0.25, 0.3) is 5.91 Å². The van der Waals surface area contributed by atoms with E-state index in [1.54, 1.807) is 0 Å². The second-order valence-electron chi connectivity index (χ2n) is 4.20. The van der Waals surface area contributed by atoms with E-state index in [9.17, 15) is 19.5 Å². The number of hydrogen-bond acceptors (Lipinski definition) is 7. The van der Waals surface area contributed by atoms with Gasteiger partial charge in [-0.25, -0.2) is 9.59 Å². The number of β-lactam (4-membered cyclic amide) rings is 1. The first kappa shape index (κ1) is 14.6. The maximum atomic E-state index is 12.0. The molecule has 2 aliphatic heterocycles. The summed E-state index contributed by atoms with van der Waals surface area (Å²) in [7, 11) is 1.28. The van der Waals surface area contributed by atoms with Crippen LogP contribution in [0.25, 0.3) is 0 Å². The number of carboxylic acids is 1. The maximum absolute atomic E-state index is 12.0. The van der Waals surface area contributed by atoms with E-state index in [-0.39, 0.29) is 23.6 Å². The van der Waals surface area contributed by atoms with Gasteiger partial charge in [-0.1, -0.05) is 0 Å². The van der Waals surface area contributed by atoms with Gasteiger partial charge in [0.15, 0.2) is 0 Å². The standard InChI is InChI=1S/C10H13N3O6S/c1-18-10(12)7(16)13-5(6(14)15)4(2-19-9(11)17)3-20-8(10)13/h8H,2-3,12H2,1H3,(H2,11,17)(H,14,15)/t8-,10?/m0/s1. The van der Waals surface area contributed by atoms with Crippen LogP contribution in [-0.4, -0.2) is 58.5 Å². The van der Waals surface area contributed by atoms with E-state index in [0.29, 0.717) is 0 Å². The van der Waals surface area contributed by atoms with Crippen LogP contribution in [-0.2, 0) is 19.1 Å². The molecule has 0 radical (unpaired) electrons. The molecule has 0 saturated carbocycles. The molecule has 1 fully saturated rings. The lowest BCUT2D eigenvalue weighted by atomic mass is 9.99. The highest BCUT2D eigenvalue weighted by Gasteiger charge is 2.63. The van der Waals surface area contributed by atoms with Crippen molar-refractivity contribution >= 4 is 29.7 Å². The van der Waals surface area contributed by atoms with E-state index in [2.05, 4.69) is 4.74 Å². The van der Waals surface area contributed by atoms with E-state index in [1.807, 2.05) is 0 Å². The Balaban J connectivity index is 2.31. The molecule has 2 amide bonds. The molecule has 9 nitrogen and oxygen atoms in total. The highest BCUT2D eigenvalue weighted by atomic mass is 32.2. The van der Waals surface area contributed by atoms with E-state index in [1.165, 1.54) is 18.9 Å². The van der Waals surface area contributed by atoms with Crippen LogP contribution in [0, 0.1) is 0 Å². The summed E-state index contributed by atoms with van der Waals surface area (Å²) in [6.07, 6.45) is -1.02. The monoisotopic (exact) mass is 303 g/mol. The van der Waals surface area contributed by atoms with Gasteiger partial charge in [0.1, 0.15) is 17.7 Å². The molecule has 0 aromatic carbocycles. The molecule has 1 saturated heterocycles. The van der Waals surface area contributed by atoms with Gasteiger partial charge in [-0.2, -0.15) is 0 Å². The van der Waals surface area contributed by atoms with Gasteiger partial charge < -0.3 is 20.3 Å². The number of hydrogen-bond donors (Lipinski definition) is 3. The molecule has 2 rings (SSSR count). The lowest BCUT2D eigenvalue weighted by Crippen LogP contribution is -2.78. The Hall–Kier alpha value is -1.78. The molecule has 0 bridgehead atoms. The van der Waals surface area contributed by atoms with Crippen molar-refractivity contribution in [2.75, 3.05) is 19.5 Å². The van der Waals surface area contributed by atoms with Crippen LogP contribution in [0.5, 0.6) is 0 Å². The molecule has 2 atom stereocenters. The third-order valence-corrected chi connectivity index (χ3v) is 4.47. The molecule has 0 aromatic rings. The average Bonchev–Trinajstić information content (AvgIpc) is 2.42. The Kier molecular flexibility index (Phi) is 3.63. The van der Waals surface area contributed by atoms with Gasteiger partial charge in [-0.3, -0.25) is 15.4 Å². The number of fused-ring (bicyclic) bond motifs is 1. The Morgan fingerprint density at radius 3 is 2.75 bits per heavy atom. The van der Waals surface area contributed by atoms with Crippen LogP contribution in [0.3, 0.4) is 0 Å². The number of carboxylic acid groups (broad SMARTS) is 1. The number of carbonyl (C=O) groups excluding carboxylic acids is 2. The number of amides is 2. The number of primary amides is 1. The molecule has 0 aromatic heterocycles. The molecule has 20 heavy (non-hydrogen) atoms. The third-order valence-electron chi connectivity index (χ3n) is 3.07. The van der Waals surface area contributed by atoms with Crippen LogP contribution < -0.4 is 11.5 Å². The quantitative estimate of drug-likeness (QED) is 0.426. The SMILES string of the molecule is COC1(N)C(=O)N2C(C(=O)O)=C(COC(N)=O)CS[C@H]21. The van der Waals surface area contributed by atoms with Crippen LogP contribution in [0.15, 0.2) is 11.3 Å². The summed E-state index contributed by atoms with van der Waals surface area (Å²) in [5.74, 6) is -1.71. The second kappa shape index (κ2) is 4.96. The number of carbonyl (C=O) groups is 3. The molecule has 0 spiro atoms. The van der Waals surface area contributed by atoms with Crippen molar-refractivity contribution in [3.63, 3.8) is 0 Å². The van der Waals surface area contributed by atoms with Crippen molar-refractivity contribution in [3.8, 4) is 0 Å². The summed E-state index contributed by atoms with van der Waals surface area (Å²) in [5, 5.41) is 8.62. The number of methoxy groups -OCH3 is 1. The van der Waals surface area contributed by atoms with Gasteiger partial charge in [0.2, 0.25) is 5.72 Å². The summed E-state index contributed by atoms with van der Waals surface area (Å²) >= 11 is 1.23. The van der Waals surface area contributed by atoms with Crippen LogP contribution >= 0.6 is 11.8 Å². The molecule has 2 aliphatic rings.